The van der Waals surface area contributed by atoms with Gasteiger partial charge in [0, 0.05) is 5.41 Å². The minimum absolute atomic E-state index is 0.0492. The molecule has 17 heavy (non-hydrogen) atoms. The molecule has 1 aromatic heterocycles. The van der Waals surface area contributed by atoms with Crippen molar-refractivity contribution in [3.8, 4) is 0 Å². The number of furan rings is 1. The molecule has 2 heterocycles. The van der Waals surface area contributed by atoms with Gasteiger partial charge in [-0.05, 0) is 37.2 Å². The van der Waals surface area contributed by atoms with Crippen LogP contribution in [-0.2, 0) is 10.0 Å². The molecule has 0 bridgehead atoms. The van der Waals surface area contributed by atoms with E-state index in [1.165, 1.54) is 0 Å². The first-order valence-corrected chi connectivity index (χ1v) is 9.21. The predicted molar refractivity (Wildman–Crippen MR) is 72.4 cm³/mol. The van der Waals surface area contributed by atoms with Crippen LogP contribution in [0.2, 0.25) is 18.1 Å². The van der Waals surface area contributed by atoms with E-state index in [1.54, 1.807) is 6.26 Å². The van der Waals surface area contributed by atoms with Crippen molar-refractivity contribution in [1.29, 1.82) is 0 Å². The van der Waals surface area contributed by atoms with Crippen LogP contribution in [-0.4, -0.2) is 8.32 Å². The number of hydrogen-bond acceptors (Lipinski definition) is 2. The summed E-state index contributed by atoms with van der Waals surface area (Å²) in [5.74, 6) is 0.952. The Morgan fingerprint density at radius 2 is 1.65 bits per heavy atom. The molecule has 0 radical (unpaired) electrons. The van der Waals surface area contributed by atoms with Crippen molar-refractivity contribution in [3.63, 3.8) is 0 Å². The van der Waals surface area contributed by atoms with Crippen molar-refractivity contribution >= 4 is 8.32 Å². The average Bonchev–Trinajstić information content (AvgIpc) is 2.71. The topological polar surface area (TPSA) is 22.4 Å². The quantitative estimate of drug-likeness (QED) is 0.685. The lowest BCUT2D eigenvalue weighted by molar-refractivity contribution is -0.0267. The van der Waals surface area contributed by atoms with Crippen LogP contribution >= 0.6 is 0 Å². The lowest BCUT2D eigenvalue weighted by Crippen LogP contribution is -2.42. The summed E-state index contributed by atoms with van der Waals surface area (Å²) in [7, 11) is -1.75. The van der Waals surface area contributed by atoms with E-state index >= 15 is 0 Å². The lowest BCUT2D eigenvalue weighted by atomic mass is 9.67. The molecule has 1 aliphatic rings. The van der Waals surface area contributed by atoms with Gasteiger partial charge in [0.15, 0.2) is 8.32 Å². The highest BCUT2D eigenvalue weighted by atomic mass is 28.4. The van der Waals surface area contributed by atoms with Crippen molar-refractivity contribution in [2.24, 2.45) is 5.41 Å². The maximum Gasteiger partial charge on any atom is 0.194 e. The number of rotatable bonds is 1. The Morgan fingerprint density at radius 1 is 1.06 bits per heavy atom. The van der Waals surface area contributed by atoms with Gasteiger partial charge < -0.3 is 8.84 Å². The Hall–Kier alpha value is -0.543. The molecule has 96 valence electrons. The van der Waals surface area contributed by atoms with E-state index in [9.17, 15) is 0 Å². The summed E-state index contributed by atoms with van der Waals surface area (Å²) in [6, 6.07) is 3.98. The van der Waals surface area contributed by atoms with Crippen LogP contribution in [0.5, 0.6) is 0 Å². The summed E-state index contributed by atoms with van der Waals surface area (Å²) in [4.78, 5) is 0. The maximum atomic E-state index is 6.56. The van der Waals surface area contributed by atoms with Crippen molar-refractivity contribution in [2.45, 2.75) is 58.4 Å². The van der Waals surface area contributed by atoms with Gasteiger partial charge in [0.1, 0.15) is 11.4 Å². The van der Waals surface area contributed by atoms with E-state index in [0.717, 1.165) is 5.76 Å². The summed E-state index contributed by atoms with van der Waals surface area (Å²) in [5, 5.41) is 0.196. The van der Waals surface area contributed by atoms with Gasteiger partial charge in [-0.25, -0.2) is 0 Å². The fraction of sp³-hybridized carbons (Fsp3) is 0.714. The molecule has 2 rings (SSSR count). The van der Waals surface area contributed by atoms with Gasteiger partial charge in [-0.2, -0.15) is 0 Å². The van der Waals surface area contributed by atoms with Crippen LogP contribution in [0.3, 0.4) is 0 Å². The normalized spacial score (nSPS) is 33.8. The van der Waals surface area contributed by atoms with Gasteiger partial charge in [0.05, 0.1) is 6.26 Å². The van der Waals surface area contributed by atoms with Gasteiger partial charge in [-0.15, -0.1) is 0 Å². The predicted octanol–water partition coefficient (Wildman–Crippen LogP) is 4.54. The molecule has 1 aliphatic heterocycles. The molecule has 0 spiro atoms. The molecular formula is C14H24O2Si. The van der Waals surface area contributed by atoms with Crippen LogP contribution in [0, 0.1) is 5.41 Å². The second-order valence-electron chi connectivity index (χ2n) is 6.87. The van der Waals surface area contributed by atoms with E-state index in [-0.39, 0.29) is 16.1 Å². The summed E-state index contributed by atoms with van der Waals surface area (Å²) < 4.78 is 12.2. The molecule has 1 unspecified atom stereocenters. The first-order chi connectivity index (χ1) is 7.56. The minimum Gasteiger partial charge on any atom is -0.466 e. The molecule has 2 nitrogen and oxygen atoms in total. The van der Waals surface area contributed by atoms with Crippen molar-refractivity contribution in [1.82, 2.24) is 0 Å². The summed E-state index contributed by atoms with van der Waals surface area (Å²) in [5.41, 5.74) is -0.275. The zero-order chi connectivity index (χ0) is 13.1. The van der Waals surface area contributed by atoms with Gasteiger partial charge in [-0.3, -0.25) is 0 Å². The van der Waals surface area contributed by atoms with E-state index in [2.05, 4.69) is 47.7 Å². The van der Waals surface area contributed by atoms with Crippen LogP contribution in [0.1, 0.15) is 40.4 Å². The van der Waals surface area contributed by atoms with Crippen LogP contribution < -0.4 is 0 Å². The monoisotopic (exact) mass is 252 g/mol. The Balaban J connectivity index is 2.60. The maximum absolute atomic E-state index is 6.56. The zero-order valence-electron chi connectivity index (χ0n) is 12.0. The Kier molecular flexibility index (Phi) is 2.48. The molecule has 0 aromatic carbocycles. The molecule has 1 aromatic rings. The molecule has 0 aliphatic carbocycles. The first kappa shape index (κ1) is 12.9. The standard InChI is InChI=1S/C14H24O2Si/c1-12(2)13(3,4)17(6,7)16-14(12,5)11-9-8-10-15-11/h8-10H,1-7H3. The third-order valence-electron chi connectivity index (χ3n) is 5.71. The van der Waals surface area contributed by atoms with E-state index in [4.69, 9.17) is 8.84 Å². The fourth-order valence-electron chi connectivity index (χ4n) is 3.02. The first-order valence-electron chi connectivity index (χ1n) is 6.30. The summed E-state index contributed by atoms with van der Waals surface area (Å²) in [6.07, 6.45) is 1.74. The van der Waals surface area contributed by atoms with E-state index < -0.39 is 8.32 Å². The highest BCUT2D eigenvalue weighted by molar-refractivity contribution is 6.75. The summed E-state index contributed by atoms with van der Waals surface area (Å²) >= 11 is 0. The van der Waals surface area contributed by atoms with Crippen LogP contribution in [0.4, 0.5) is 0 Å². The van der Waals surface area contributed by atoms with Gasteiger partial charge in [0.25, 0.3) is 0 Å². The fourth-order valence-corrected chi connectivity index (χ4v) is 6.40. The molecular weight excluding hydrogens is 228 g/mol. The van der Waals surface area contributed by atoms with E-state index in [1.807, 2.05) is 12.1 Å². The average molecular weight is 252 g/mol. The van der Waals surface area contributed by atoms with Gasteiger partial charge in [0.2, 0.25) is 0 Å². The molecule has 1 saturated heterocycles. The molecule has 0 saturated carbocycles. The Morgan fingerprint density at radius 3 is 2.00 bits per heavy atom. The SMILES string of the molecule is CC1(c2ccco2)O[Si](C)(C)C(C)(C)C1(C)C. The van der Waals surface area contributed by atoms with Crippen LogP contribution in [0.25, 0.3) is 0 Å². The molecule has 1 atom stereocenters. The van der Waals surface area contributed by atoms with Crippen molar-refractivity contribution in [2.75, 3.05) is 0 Å². The summed E-state index contributed by atoms with van der Waals surface area (Å²) in [6.45, 7) is 16.1. The van der Waals surface area contributed by atoms with Gasteiger partial charge >= 0.3 is 0 Å². The van der Waals surface area contributed by atoms with E-state index in [0.29, 0.717) is 0 Å². The minimum atomic E-state index is -1.75. The smallest absolute Gasteiger partial charge is 0.194 e. The number of hydrogen-bond donors (Lipinski definition) is 0. The zero-order valence-corrected chi connectivity index (χ0v) is 13.0. The van der Waals surface area contributed by atoms with Crippen molar-refractivity contribution in [3.05, 3.63) is 24.2 Å². The second kappa shape index (κ2) is 3.26. The third-order valence-corrected chi connectivity index (χ3v) is 10.3. The lowest BCUT2D eigenvalue weighted by Gasteiger charge is -2.44. The highest BCUT2D eigenvalue weighted by Crippen LogP contribution is 2.68. The second-order valence-corrected chi connectivity index (χ2v) is 11.3. The molecule has 1 fully saturated rings. The molecule has 3 heteroatoms. The van der Waals surface area contributed by atoms with Crippen LogP contribution in [0.15, 0.2) is 22.8 Å². The third kappa shape index (κ3) is 1.35. The highest BCUT2D eigenvalue weighted by Gasteiger charge is 2.68. The largest absolute Gasteiger partial charge is 0.466 e. The Bertz CT molecular complexity index is 417. The molecule has 0 N–H and O–H groups in total. The van der Waals surface area contributed by atoms with Crippen molar-refractivity contribution < 1.29 is 8.84 Å². The van der Waals surface area contributed by atoms with Gasteiger partial charge in [-0.1, -0.05) is 27.7 Å². The molecule has 0 amide bonds. The Labute approximate surface area is 105 Å².